The molecule has 2 aromatic rings. The number of hydrogen-bond acceptors (Lipinski definition) is 4. The van der Waals surface area contributed by atoms with Gasteiger partial charge in [0.1, 0.15) is 11.3 Å². The van der Waals surface area contributed by atoms with Crippen LogP contribution >= 0.6 is 0 Å². The molecular weight excluding hydrogens is 290 g/mol. The number of carbonyl (C=O) groups is 1. The molecule has 0 spiro atoms. The van der Waals surface area contributed by atoms with Gasteiger partial charge in [-0.15, -0.1) is 0 Å². The maximum absolute atomic E-state index is 12.5. The predicted octanol–water partition coefficient (Wildman–Crippen LogP) is 2.69. The van der Waals surface area contributed by atoms with E-state index in [1.807, 2.05) is 6.07 Å². The third-order valence-electron chi connectivity index (χ3n) is 4.35. The lowest BCUT2D eigenvalue weighted by molar-refractivity contribution is 0.0899. The largest absolute Gasteiger partial charge is 0.361 e. The number of likely N-dealkylation sites (tertiary alicyclic amines) is 1. The third kappa shape index (κ3) is 3.79. The lowest BCUT2D eigenvalue weighted by Gasteiger charge is -2.33. The van der Waals surface area contributed by atoms with E-state index in [4.69, 9.17) is 4.52 Å². The lowest BCUT2D eigenvalue weighted by Crippen LogP contribution is -2.47. The first-order chi connectivity index (χ1) is 11.1. The monoisotopic (exact) mass is 313 g/mol. The van der Waals surface area contributed by atoms with E-state index in [-0.39, 0.29) is 11.9 Å². The quantitative estimate of drug-likeness (QED) is 0.943. The maximum Gasteiger partial charge on any atom is 0.257 e. The zero-order chi connectivity index (χ0) is 16.2. The Hall–Kier alpha value is -2.14. The van der Waals surface area contributed by atoms with Crippen LogP contribution in [0, 0.1) is 13.8 Å². The Labute approximate surface area is 136 Å². The molecular formula is C18H23N3O2. The minimum atomic E-state index is -0.0761. The topological polar surface area (TPSA) is 58.4 Å². The minimum absolute atomic E-state index is 0.0761. The van der Waals surface area contributed by atoms with Gasteiger partial charge in [-0.1, -0.05) is 35.5 Å². The number of aromatic nitrogens is 1. The number of aryl methyl sites for hydroxylation is 2. The van der Waals surface area contributed by atoms with Crippen LogP contribution in [0.2, 0.25) is 0 Å². The second kappa shape index (κ2) is 6.96. The molecule has 1 aromatic carbocycles. The average molecular weight is 313 g/mol. The fraction of sp³-hybridized carbons (Fsp3) is 0.444. The van der Waals surface area contributed by atoms with Crippen LogP contribution < -0.4 is 5.32 Å². The van der Waals surface area contributed by atoms with E-state index in [9.17, 15) is 4.79 Å². The van der Waals surface area contributed by atoms with Crippen molar-refractivity contribution in [3.05, 3.63) is 52.9 Å². The highest BCUT2D eigenvalue weighted by Crippen LogP contribution is 2.16. The molecule has 1 aliphatic rings. The van der Waals surface area contributed by atoms with Crippen LogP contribution in [0.25, 0.3) is 0 Å². The molecule has 1 N–H and O–H groups in total. The molecule has 23 heavy (non-hydrogen) atoms. The molecule has 1 fully saturated rings. The van der Waals surface area contributed by atoms with Gasteiger partial charge in [0.2, 0.25) is 0 Å². The first-order valence-electron chi connectivity index (χ1n) is 8.13. The number of amides is 1. The summed E-state index contributed by atoms with van der Waals surface area (Å²) in [6.45, 7) is 6.46. The van der Waals surface area contributed by atoms with Crippen LogP contribution in [0.4, 0.5) is 0 Å². The van der Waals surface area contributed by atoms with Gasteiger partial charge in [-0.3, -0.25) is 9.69 Å². The van der Waals surface area contributed by atoms with Gasteiger partial charge in [-0.2, -0.15) is 0 Å². The Balaban J connectivity index is 1.59. The number of carbonyl (C=O) groups excluding carboxylic acids is 1. The Morgan fingerprint density at radius 1 is 1.35 bits per heavy atom. The van der Waals surface area contributed by atoms with Gasteiger partial charge in [0, 0.05) is 19.1 Å². The van der Waals surface area contributed by atoms with Crippen molar-refractivity contribution in [1.29, 1.82) is 0 Å². The first kappa shape index (κ1) is 15.7. The fourth-order valence-electron chi connectivity index (χ4n) is 3.22. The predicted molar refractivity (Wildman–Crippen MR) is 88.2 cm³/mol. The number of hydrogen-bond donors (Lipinski definition) is 1. The zero-order valence-corrected chi connectivity index (χ0v) is 13.7. The molecule has 2 heterocycles. The van der Waals surface area contributed by atoms with Crippen LogP contribution in [-0.2, 0) is 6.54 Å². The molecule has 0 radical (unpaired) electrons. The van der Waals surface area contributed by atoms with Gasteiger partial charge in [0.25, 0.3) is 5.91 Å². The van der Waals surface area contributed by atoms with Crippen molar-refractivity contribution in [2.24, 2.45) is 0 Å². The summed E-state index contributed by atoms with van der Waals surface area (Å²) >= 11 is 0. The van der Waals surface area contributed by atoms with Crippen LogP contribution in [0.5, 0.6) is 0 Å². The number of benzene rings is 1. The summed E-state index contributed by atoms with van der Waals surface area (Å²) in [7, 11) is 0. The zero-order valence-electron chi connectivity index (χ0n) is 13.7. The standard InChI is InChI=1S/C18H23N3O2/c1-13-17(14(2)23-20-13)18(22)19-16-9-6-10-21(12-16)11-15-7-4-3-5-8-15/h3-5,7-8,16H,6,9-12H2,1-2H3,(H,19,22). The van der Waals surface area contributed by atoms with E-state index < -0.39 is 0 Å². The van der Waals surface area contributed by atoms with Crippen molar-refractivity contribution in [2.75, 3.05) is 13.1 Å². The van der Waals surface area contributed by atoms with E-state index in [0.29, 0.717) is 17.0 Å². The van der Waals surface area contributed by atoms with Gasteiger partial charge in [0.15, 0.2) is 0 Å². The van der Waals surface area contributed by atoms with Crippen molar-refractivity contribution in [3.8, 4) is 0 Å². The maximum atomic E-state index is 12.5. The van der Waals surface area contributed by atoms with E-state index in [1.54, 1.807) is 13.8 Å². The van der Waals surface area contributed by atoms with Crippen molar-refractivity contribution >= 4 is 5.91 Å². The summed E-state index contributed by atoms with van der Waals surface area (Å²) in [5.74, 6) is 0.504. The molecule has 0 aliphatic carbocycles. The molecule has 3 rings (SSSR count). The third-order valence-corrected chi connectivity index (χ3v) is 4.35. The number of piperidine rings is 1. The summed E-state index contributed by atoms with van der Waals surface area (Å²) < 4.78 is 5.08. The molecule has 1 atom stereocenters. The second-order valence-corrected chi connectivity index (χ2v) is 6.23. The molecule has 1 amide bonds. The normalized spacial score (nSPS) is 18.8. The van der Waals surface area contributed by atoms with Crippen LogP contribution in [-0.4, -0.2) is 35.1 Å². The van der Waals surface area contributed by atoms with Crippen molar-refractivity contribution in [2.45, 2.75) is 39.3 Å². The van der Waals surface area contributed by atoms with Crippen LogP contribution in [0.3, 0.4) is 0 Å². The highest BCUT2D eigenvalue weighted by atomic mass is 16.5. The van der Waals surface area contributed by atoms with Gasteiger partial charge in [0.05, 0.1) is 5.69 Å². The SMILES string of the molecule is Cc1noc(C)c1C(=O)NC1CCCN(Cc2ccccc2)C1. The molecule has 5 nitrogen and oxygen atoms in total. The highest BCUT2D eigenvalue weighted by molar-refractivity contribution is 5.96. The molecule has 0 saturated carbocycles. The van der Waals surface area contributed by atoms with E-state index in [2.05, 4.69) is 39.6 Å². The molecule has 0 bridgehead atoms. The smallest absolute Gasteiger partial charge is 0.257 e. The molecule has 1 saturated heterocycles. The Kier molecular flexibility index (Phi) is 4.76. The molecule has 5 heteroatoms. The van der Waals surface area contributed by atoms with Gasteiger partial charge >= 0.3 is 0 Å². The second-order valence-electron chi connectivity index (χ2n) is 6.23. The molecule has 1 aromatic heterocycles. The molecule has 1 aliphatic heterocycles. The van der Waals surface area contributed by atoms with Gasteiger partial charge in [-0.05, 0) is 38.8 Å². The summed E-state index contributed by atoms with van der Waals surface area (Å²) in [6.07, 6.45) is 2.11. The Morgan fingerprint density at radius 2 is 2.13 bits per heavy atom. The summed E-state index contributed by atoms with van der Waals surface area (Å²) in [4.78, 5) is 14.9. The molecule has 122 valence electrons. The number of rotatable bonds is 4. The highest BCUT2D eigenvalue weighted by Gasteiger charge is 2.24. The lowest BCUT2D eigenvalue weighted by atomic mass is 10.0. The van der Waals surface area contributed by atoms with E-state index in [1.165, 1.54) is 5.56 Å². The van der Waals surface area contributed by atoms with Crippen LogP contribution in [0.1, 0.15) is 40.2 Å². The van der Waals surface area contributed by atoms with E-state index in [0.717, 1.165) is 32.5 Å². The van der Waals surface area contributed by atoms with Crippen molar-refractivity contribution in [3.63, 3.8) is 0 Å². The van der Waals surface area contributed by atoms with Gasteiger partial charge in [-0.25, -0.2) is 0 Å². The number of nitrogens with zero attached hydrogens (tertiary/aromatic N) is 2. The van der Waals surface area contributed by atoms with Crippen molar-refractivity contribution in [1.82, 2.24) is 15.4 Å². The fourth-order valence-corrected chi connectivity index (χ4v) is 3.22. The Bertz CT molecular complexity index is 647. The number of nitrogens with one attached hydrogen (secondary N) is 1. The summed E-state index contributed by atoms with van der Waals surface area (Å²) in [6, 6.07) is 10.6. The first-order valence-corrected chi connectivity index (χ1v) is 8.13. The van der Waals surface area contributed by atoms with Gasteiger partial charge < -0.3 is 9.84 Å². The van der Waals surface area contributed by atoms with Crippen LogP contribution in [0.15, 0.2) is 34.9 Å². The Morgan fingerprint density at radius 3 is 2.83 bits per heavy atom. The average Bonchev–Trinajstić information content (AvgIpc) is 2.87. The minimum Gasteiger partial charge on any atom is -0.361 e. The van der Waals surface area contributed by atoms with E-state index >= 15 is 0 Å². The summed E-state index contributed by atoms with van der Waals surface area (Å²) in [5, 5.41) is 6.99. The molecule has 1 unspecified atom stereocenters. The van der Waals surface area contributed by atoms with Crippen molar-refractivity contribution < 1.29 is 9.32 Å². The summed E-state index contributed by atoms with van der Waals surface area (Å²) in [5.41, 5.74) is 2.53.